The van der Waals surface area contributed by atoms with Gasteiger partial charge < -0.3 is 4.98 Å². The van der Waals surface area contributed by atoms with Crippen LogP contribution < -0.4 is 0 Å². The Bertz CT molecular complexity index is 367. The summed E-state index contributed by atoms with van der Waals surface area (Å²) in [5.74, 6) is 2.13. The van der Waals surface area contributed by atoms with E-state index >= 15 is 0 Å². The Morgan fingerprint density at radius 3 is 2.68 bits per heavy atom. The Kier molecular flexibility index (Phi) is 5.93. The highest BCUT2D eigenvalue weighted by Gasteiger charge is 2.20. The van der Waals surface area contributed by atoms with E-state index in [1.165, 1.54) is 81.4 Å². The number of fused-ring (bicyclic) bond motifs is 1. The van der Waals surface area contributed by atoms with Crippen LogP contribution in [0.1, 0.15) is 82.4 Å². The second-order valence-electron chi connectivity index (χ2n) is 6.14. The minimum Gasteiger partial charge on any atom is -0.346 e. The fourth-order valence-corrected chi connectivity index (χ4v) is 3.15. The molecule has 0 saturated carbocycles. The minimum atomic E-state index is 0.884. The summed E-state index contributed by atoms with van der Waals surface area (Å²) in [5.41, 5.74) is 2.81. The van der Waals surface area contributed by atoms with E-state index in [1.54, 1.807) is 0 Å². The SMILES string of the molecule is CCCCCCCCc1nc2c([nH]1)CC(CC)CC2. The van der Waals surface area contributed by atoms with Gasteiger partial charge in [0.1, 0.15) is 5.82 Å². The lowest BCUT2D eigenvalue weighted by Gasteiger charge is -2.19. The summed E-state index contributed by atoms with van der Waals surface area (Å²) in [6.45, 7) is 4.58. The predicted molar refractivity (Wildman–Crippen MR) is 81.5 cm³/mol. The van der Waals surface area contributed by atoms with Gasteiger partial charge >= 0.3 is 0 Å². The number of nitrogens with one attached hydrogen (secondary N) is 1. The zero-order chi connectivity index (χ0) is 13.5. The van der Waals surface area contributed by atoms with E-state index in [4.69, 9.17) is 4.98 Å². The van der Waals surface area contributed by atoms with Crippen molar-refractivity contribution < 1.29 is 0 Å². The highest BCUT2D eigenvalue weighted by atomic mass is 14.9. The molecule has 108 valence electrons. The number of unbranched alkanes of at least 4 members (excludes halogenated alkanes) is 5. The number of rotatable bonds is 8. The van der Waals surface area contributed by atoms with Crippen LogP contribution in [0.5, 0.6) is 0 Å². The van der Waals surface area contributed by atoms with E-state index in [-0.39, 0.29) is 0 Å². The number of hydrogen-bond acceptors (Lipinski definition) is 1. The average molecular weight is 262 g/mol. The molecule has 2 rings (SSSR count). The molecule has 0 aromatic carbocycles. The Morgan fingerprint density at radius 2 is 1.89 bits per heavy atom. The molecule has 0 fully saturated rings. The lowest BCUT2D eigenvalue weighted by Crippen LogP contribution is -2.12. The quantitative estimate of drug-likeness (QED) is 0.668. The second kappa shape index (κ2) is 7.72. The van der Waals surface area contributed by atoms with Crippen LogP contribution in [0.15, 0.2) is 0 Å². The maximum Gasteiger partial charge on any atom is 0.106 e. The van der Waals surface area contributed by atoms with Crippen LogP contribution in [0.2, 0.25) is 0 Å². The molecule has 1 heterocycles. The normalized spacial score (nSPS) is 18.5. The molecule has 1 aliphatic rings. The fraction of sp³-hybridized carbons (Fsp3) is 0.824. The van der Waals surface area contributed by atoms with Gasteiger partial charge in [-0.1, -0.05) is 52.4 Å². The van der Waals surface area contributed by atoms with Crippen molar-refractivity contribution in [1.29, 1.82) is 0 Å². The summed E-state index contributed by atoms with van der Waals surface area (Å²) in [6, 6.07) is 0. The van der Waals surface area contributed by atoms with Crippen LogP contribution in [0.25, 0.3) is 0 Å². The number of aryl methyl sites for hydroxylation is 2. The van der Waals surface area contributed by atoms with Crippen LogP contribution in [0, 0.1) is 5.92 Å². The van der Waals surface area contributed by atoms with Gasteiger partial charge in [-0.2, -0.15) is 0 Å². The first-order valence-corrected chi connectivity index (χ1v) is 8.40. The first kappa shape index (κ1) is 14.6. The van der Waals surface area contributed by atoms with Gasteiger partial charge in [0.15, 0.2) is 0 Å². The Morgan fingerprint density at radius 1 is 1.11 bits per heavy atom. The van der Waals surface area contributed by atoms with Gasteiger partial charge in [0.2, 0.25) is 0 Å². The van der Waals surface area contributed by atoms with E-state index in [0.717, 1.165) is 12.3 Å². The van der Waals surface area contributed by atoms with Gasteiger partial charge in [0.05, 0.1) is 5.69 Å². The monoisotopic (exact) mass is 262 g/mol. The molecule has 1 N–H and O–H groups in total. The Hall–Kier alpha value is -0.790. The van der Waals surface area contributed by atoms with Crippen molar-refractivity contribution in [2.45, 2.75) is 84.5 Å². The van der Waals surface area contributed by atoms with E-state index in [2.05, 4.69) is 18.8 Å². The molecule has 2 nitrogen and oxygen atoms in total. The van der Waals surface area contributed by atoms with Crippen molar-refractivity contribution >= 4 is 0 Å². The highest BCUT2D eigenvalue weighted by molar-refractivity contribution is 5.18. The summed E-state index contributed by atoms with van der Waals surface area (Å²) in [6.07, 6.45) is 14.4. The first-order chi connectivity index (χ1) is 9.33. The van der Waals surface area contributed by atoms with Crippen molar-refractivity contribution in [3.8, 4) is 0 Å². The lowest BCUT2D eigenvalue weighted by molar-refractivity contribution is 0.438. The Labute approximate surface area is 118 Å². The van der Waals surface area contributed by atoms with Crippen LogP contribution in [-0.2, 0) is 19.3 Å². The molecule has 1 aliphatic carbocycles. The molecule has 1 aromatic heterocycles. The number of hydrogen-bond donors (Lipinski definition) is 1. The van der Waals surface area contributed by atoms with Crippen LogP contribution in [0.3, 0.4) is 0 Å². The third-order valence-corrected chi connectivity index (χ3v) is 4.54. The summed E-state index contributed by atoms with van der Waals surface area (Å²) in [4.78, 5) is 8.39. The zero-order valence-electron chi connectivity index (χ0n) is 12.8. The van der Waals surface area contributed by atoms with Crippen molar-refractivity contribution in [3.05, 3.63) is 17.2 Å². The maximum atomic E-state index is 4.80. The minimum absolute atomic E-state index is 0.884. The second-order valence-corrected chi connectivity index (χ2v) is 6.14. The van der Waals surface area contributed by atoms with E-state index in [1.807, 2.05) is 0 Å². The number of nitrogens with zero attached hydrogens (tertiary/aromatic N) is 1. The smallest absolute Gasteiger partial charge is 0.106 e. The molecule has 1 aromatic rings. The van der Waals surface area contributed by atoms with E-state index < -0.39 is 0 Å². The highest BCUT2D eigenvalue weighted by Crippen LogP contribution is 2.26. The standard InChI is InChI=1S/C17H30N2/c1-3-5-6-7-8-9-10-17-18-15-12-11-14(4-2)13-16(15)19-17/h14H,3-13H2,1-2H3,(H,18,19). The predicted octanol–water partition coefficient (Wildman–Crippen LogP) is 4.83. The van der Waals surface area contributed by atoms with Crippen LogP contribution in [0.4, 0.5) is 0 Å². The molecule has 0 amide bonds. The van der Waals surface area contributed by atoms with Gasteiger partial charge in [-0.05, 0) is 31.6 Å². The van der Waals surface area contributed by atoms with Gasteiger partial charge in [-0.3, -0.25) is 0 Å². The third-order valence-electron chi connectivity index (χ3n) is 4.54. The summed E-state index contributed by atoms with van der Waals surface area (Å²) in [5, 5.41) is 0. The summed E-state index contributed by atoms with van der Waals surface area (Å²) < 4.78 is 0. The van der Waals surface area contributed by atoms with Crippen molar-refractivity contribution in [3.63, 3.8) is 0 Å². The molecule has 0 bridgehead atoms. The lowest BCUT2D eigenvalue weighted by atomic mass is 9.88. The van der Waals surface area contributed by atoms with Crippen LogP contribution >= 0.6 is 0 Å². The Balaban J connectivity index is 1.72. The van der Waals surface area contributed by atoms with Crippen molar-refractivity contribution in [2.24, 2.45) is 5.92 Å². The van der Waals surface area contributed by atoms with Crippen molar-refractivity contribution in [1.82, 2.24) is 9.97 Å². The molecule has 19 heavy (non-hydrogen) atoms. The first-order valence-electron chi connectivity index (χ1n) is 8.40. The molecular formula is C17H30N2. The molecule has 0 saturated heterocycles. The zero-order valence-corrected chi connectivity index (χ0v) is 12.8. The molecule has 0 spiro atoms. The van der Waals surface area contributed by atoms with E-state index in [0.29, 0.717) is 0 Å². The molecule has 2 heteroatoms. The van der Waals surface area contributed by atoms with Gasteiger partial charge in [0.25, 0.3) is 0 Å². The summed E-state index contributed by atoms with van der Waals surface area (Å²) in [7, 11) is 0. The van der Waals surface area contributed by atoms with E-state index in [9.17, 15) is 0 Å². The average Bonchev–Trinajstić information content (AvgIpc) is 2.84. The maximum absolute atomic E-state index is 4.80. The number of imidazole rings is 1. The van der Waals surface area contributed by atoms with Gasteiger partial charge in [-0.15, -0.1) is 0 Å². The molecular weight excluding hydrogens is 232 g/mol. The van der Waals surface area contributed by atoms with Gasteiger partial charge in [0, 0.05) is 12.1 Å². The molecule has 1 atom stereocenters. The topological polar surface area (TPSA) is 28.7 Å². The molecule has 1 unspecified atom stereocenters. The third kappa shape index (κ3) is 4.36. The molecule has 0 radical (unpaired) electrons. The number of H-pyrrole nitrogens is 1. The molecule has 0 aliphatic heterocycles. The van der Waals surface area contributed by atoms with Crippen LogP contribution in [-0.4, -0.2) is 9.97 Å². The fourth-order valence-electron chi connectivity index (χ4n) is 3.15. The number of aromatic amines is 1. The largest absolute Gasteiger partial charge is 0.346 e. The summed E-state index contributed by atoms with van der Waals surface area (Å²) >= 11 is 0. The number of aromatic nitrogens is 2. The van der Waals surface area contributed by atoms with Crippen molar-refractivity contribution in [2.75, 3.05) is 0 Å². The van der Waals surface area contributed by atoms with Gasteiger partial charge in [-0.25, -0.2) is 4.98 Å².